The molecule has 2 rings (SSSR count). The fraction of sp³-hybridized carbons (Fsp3) is 0.333. The maximum atomic E-state index is 13.5. The molecular formula is C9H7BrClFO2. The SMILES string of the molecule is Fc1cc(Cl)cc(Br)c1C1OCCO1. The molecule has 14 heavy (non-hydrogen) atoms. The van der Waals surface area contributed by atoms with E-state index in [1.807, 2.05) is 0 Å². The molecule has 5 heteroatoms. The topological polar surface area (TPSA) is 18.5 Å². The second kappa shape index (κ2) is 4.14. The second-order valence-electron chi connectivity index (χ2n) is 2.86. The molecule has 0 atom stereocenters. The monoisotopic (exact) mass is 280 g/mol. The van der Waals surface area contributed by atoms with Crippen molar-refractivity contribution in [2.24, 2.45) is 0 Å². The van der Waals surface area contributed by atoms with Crippen LogP contribution in [0.1, 0.15) is 11.9 Å². The lowest BCUT2D eigenvalue weighted by molar-refractivity contribution is -0.0470. The zero-order chi connectivity index (χ0) is 10.1. The van der Waals surface area contributed by atoms with Crippen LogP contribution < -0.4 is 0 Å². The van der Waals surface area contributed by atoms with Crippen molar-refractivity contribution >= 4 is 27.5 Å². The van der Waals surface area contributed by atoms with E-state index in [-0.39, 0.29) is 0 Å². The van der Waals surface area contributed by atoms with E-state index in [0.717, 1.165) is 0 Å². The highest BCUT2D eigenvalue weighted by Gasteiger charge is 2.24. The Hall–Kier alpha value is -0.160. The molecule has 1 aromatic carbocycles. The summed E-state index contributed by atoms with van der Waals surface area (Å²) in [4.78, 5) is 0. The Morgan fingerprint density at radius 3 is 2.57 bits per heavy atom. The normalized spacial score (nSPS) is 17.6. The number of ether oxygens (including phenoxy) is 2. The van der Waals surface area contributed by atoms with Crippen LogP contribution in [0.25, 0.3) is 0 Å². The lowest BCUT2D eigenvalue weighted by Gasteiger charge is -2.12. The van der Waals surface area contributed by atoms with Gasteiger partial charge in [0.15, 0.2) is 6.29 Å². The van der Waals surface area contributed by atoms with Crippen LogP contribution in [-0.2, 0) is 9.47 Å². The van der Waals surface area contributed by atoms with Gasteiger partial charge in [-0.3, -0.25) is 0 Å². The van der Waals surface area contributed by atoms with E-state index >= 15 is 0 Å². The number of hydrogen-bond acceptors (Lipinski definition) is 2. The molecule has 0 aromatic heterocycles. The molecule has 0 unspecified atom stereocenters. The van der Waals surface area contributed by atoms with E-state index < -0.39 is 12.1 Å². The van der Waals surface area contributed by atoms with Gasteiger partial charge in [-0.1, -0.05) is 27.5 Å². The Morgan fingerprint density at radius 2 is 2.00 bits per heavy atom. The van der Waals surface area contributed by atoms with Gasteiger partial charge in [0.2, 0.25) is 0 Å². The van der Waals surface area contributed by atoms with Crippen molar-refractivity contribution < 1.29 is 13.9 Å². The van der Waals surface area contributed by atoms with E-state index in [4.69, 9.17) is 21.1 Å². The standard InChI is InChI=1S/C9H7BrClFO2/c10-6-3-5(11)4-7(12)8(6)9-13-1-2-14-9/h3-4,9H,1-2H2. The van der Waals surface area contributed by atoms with Gasteiger partial charge in [-0.25, -0.2) is 4.39 Å². The maximum Gasteiger partial charge on any atom is 0.187 e. The first-order chi connectivity index (χ1) is 6.68. The van der Waals surface area contributed by atoms with Crippen LogP contribution in [0.3, 0.4) is 0 Å². The second-order valence-corrected chi connectivity index (χ2v) is 4.15. The molecule has 1 aliphatic rings. The molecule has 1 heterocycles. The summed E-state index contributed by atoms with van der Waals surface area (Å²) < 4.78 is 24.5. The molecule has 1 aliphatic heterocycles. The Morgan fingerprint density at radius 1 is 1.36 bits per heavy atom. The summed E-state index contributed by atoms with van der Waals surface area (Å²) in [5.74, 6) is -0.420. The van der Waals surface area contributed by atoms with E-state index in [9.17, 15) is 4.39 Å². The third-order valence-corrected chi connectivity index (χ3v) is 2.78. The van der Waals surface area contributed by atoms with E-state index in [0.29, 0.717) is 28.3 Å². The molecule has 0 bridgehead atoms. The van der Waals surface area contributed by atoms with Gasteiger partial charge in [-0.2, -0.15) is 0 Å². The minimum absolute atomic E-state index is 0.344. The van der Waals surface area contributed by atoms with Crippen molar-refractivity contribution in [1.82, 2.24) is 0 Å². The van der Waals surface area contributed by atoms with Crippen molar-refractivity contribution in [3.8, 4) is 0 Å². The summed E-state index contributed by atoms with van der Waals surface area (Å²) in [5.41, 5.74) is 0.368. The summed E-state index contributed by atoms with van der Waals surface area (Å²) in [6.07, 6.45) is -0.623. The minimum atomic E-state index is -0.623. The lowest BCUT2D eigenvalue weighted by Crippen LogP contribution is -2.02. The van der Waals surface area contributed by atoms with Crippen molar-refractivity contribution in [2.75, 3.05) is 13.2 Å². The van der Waals surface area contributed by atoms with Gasteiger partial charge < -0.3 is 9.47 Å². The Labute approximate surface area is 94.1 Å². The van der Waals surface area contributed by atoms with Crippen LogP contribution in [0.2, 0.25) is 5.02 Å². The van der Waals surface area contributed by atoms with E-state index in [1.165, 1.54) is 6.07 Å². The molecule has 0 radical (unpaired) electrons. The first-order valence-electron chi connectivity index (χ1n) is 4.06. The van der Waals surface area contributed by atoms with Crippen molar-refractivity contribution in [1.29, 1.82) is 0 Å². The van der Waals surface area contributed by atoms with Gasteiger partial charge in [-0.15, -0.1) is 0 Å². The third kappa shape index (κ3) is 1.93. The highest BCUT2D eigenvalue weighted by atomic mass is 79.9. The molecule has 1 aromatic rings. The highest BCUT2D eigenvalue weighted by Crippen LogP contribution is 2.33. The molecule has 0 spiro atoms. The molecule has 76 valence electrons. The van der Waals surface area contributed by atoms with Crippen LogP contribution in [0.5, 0.6) is 0 Å². The molecule has 0 N–H and O–H groups in total. The van der Waals surface area contributed by atoms with Crippen LogP contribution >= 0.6 is 27.5 Å². The summed E-state index contributed by atoms with van der Waals surface area (Å²) in [6, 6.07) is 2.86. The van der Waals surface area contributed by atoms with E-state index in [2.05, 4.69) is 15.9 Å². The molecule has 1 saturated heterocycles. The fourth-order valence-corrected chi connectivity index (χ4v) is 2.26. The van der Waals surface area contributed by atoms with Crippen LogP contribution in [-0.4, -0.2) is 13.2 Å². The third-order valence-electron chi connectivity index (χ3n) is 1.90. The summed E-state index contributed by atoms with van der Waals surface area (Å²) in [7, 11) is 0. The zero-order valence-electron chi connectivity index (χ0n) is 7.10. The maximum absolute atomic E-state index is 13.5. The van der Waals surface area contributed by atoms with Crippen molar-refractivity contribution in [3.63, 3.8) is 0 Å². The first kappa shape index (κ1) is 10.4. The van der Waals surface area contributed by atoms with Gasteiger partial charge in [0.1, 0.15) is 5.82 Å². The summed E-state index contributed by atoms with van der Waals surface area (Å²) >= 11 is 8.90. The smallest absolute Gasteiger partial charge is 0.187 e. The Balaban J connectivity index is 2.40. The Kier molecular flexibility index (Phi) is 3.07. The van der Waals surface area contributed by atoms with Gasteiger partial charge in [-0.05, 0) is 12.1 Å². The fourth-order valence-electron chi connectivity index (χ4n) is 1.30. The van der Waals surface area contributed by atoms with Gasteiger partial charge >= 0.3 is 0 Å². The number of halogens is 3. The highest BCUT2D eigenvalue weighted by molar-refractivity contribution is 9.10. The molecule has 0 amide bonds. The number of rotatable bonds is 1. The Bertz CT molecular complexity index is 330. The first-order valence-corrected chi connectivity index (χ1v) is 5.23. The molecular weight excluding hydrogens is 274 g/mol. The largest absolute Gasteiger partial charge is 0.346 e. The molecule has 0 saturated carbocycles. The summed E-state index contributed by atoms with van der Waals surface area (Å²) in [5, 5.41) is 0.344. The molecule has 2 nitrogen and oxygen atoms in total. The van der Waals surface area contributed by atoms with Crippen LogP contribution in [0.4, 0.5) is 4.39 Å². The minimum Gasteiger partial charge on any atom is -0.346 e. The van der Waals surface area contributed by atoms with Crippen LogP contribution in [0.15, 0.2) is 16.6 Å². The zero-order valence-corrected chi connectivity index (χ0v) is 9.44. The quantitative estimate of drug-likeness (QED) is 0.786. The van der Waals surface area contributed by atoms with Gasteiger partial charge in [0.25, 0.3) is 0 Å². The van der Waals surface area contributed by atoms with Crippen molar-refractivity contribution in [3.05, 3.63) is 33.0 Å². The van der Waals surface area contributed by atoms with Gasteiger partial charge in [0.05, 0.1) is 18.8 Å². The average molecular weight is 282 g/mol. The molecule has 1 fully saturated rings. The predicted octanol–water partition coefficient (Wildman–Crippen LogP) is 3.29. The number of hydrogen-bond donors (Lipinski definition) is 0. The number of benzene rings is 1. The molecule has 0 aliphatic carbocycles. The van der Waals surface area contributed by atoms with E-state index in [1.54, 1.807) is 6.07 Å². The van der Waals surface area contributed by atoms with Crippen molar-refractivity contribution in [2.45, 2.75) is 6.29 Å². The van der Waals surface area contributed by atoms with Gasteiger partial charge in [0, 0.05) is 9.50 Å². The van der Waals surface area contributed by atoms with Crippen LogP contribution in [0, 0.1) is 5.82 Å². The average Bonchev–Trinajstić information content (AvgIpc) is 2.54. The predicted molar refractivity (Wildman–Crippen MR) is 53.8 cm³/mol. The lowest BCUT2D eigenvalue weighted by atomic mass is 10.2. The summed E-state index contributed by atoms with van der Waals surface area (Å²) in [6.45, 7) is 0.971.